The van der Waals surface area contributed by atoms with Gasteiger partial charge in [0.25, 0.3) is 0 Å². The molecule has 1 aromatic rings. The van der Waals surface area contributed by atoms with E-state index >= 15 is 0 Å². The molecule has 1 aliphatic carbocycles. The molecule has 1 saturated carbocycles. The number of hydrogen-bond donors (Lipinski definition) is 1. The molecule has 0 aliphatic heterocycles. The fourth-order valence-corrected chi connectivity index (χ4v) is 3.79. The van der Waals surface area contributed by atoms with Crippen molar-refractivity contribution in [2.45, 2.75) is 65.3 Å². The number of halogens is 1. The molecule has 0 bridgehead atoms. The normalized spacial score (nSPS) is 20.4. The summed E-state index contributed by atoms with van der Waals surface area (Å²) in [7, 11) is 0. The Kier molecular flexibility index (Phi) is 6.54. The molecule has 1 N–H and O–H groups in total. The highest BCUT2D eigenvalue weighted by molar-refractivity contribution is 14.1. The van der Waals surface area contributed by atoms with Gasteiger partial charge >= 0.3 is 0 Å². The zero-order chi connectivity index (χ0) is 15.3. The molecule has 0 amide bonds. The molecule has 21 heavy (non-hydrogen) atoms. The zero-order valence-corrected chi connectivity index (χ0v) is 15.9. The third kappa shape index (κ3) is 5.55. The van der Waals surface area contributed by atoms with Crippen LogP contribution in [0, 0.1) is 14.9 Å². The fourth-order valence-electron chi connectivity index (χ4n) is 3.43. The second kappa shape index (κ2) is 7.96. The maximum absolute atomic E-state index is 3.83. The summed E-state index contributed by atoms with van der Waals surface area (Å²) < 4.78 is 1.33. The summed E-state index contributed by atoms with van der Waals surface area (Å²) in [6.07, 6.45) is 7.95. The first-order valence-electron chi connectivity index (χ1n) is 8.48. The minimum Gasteiger partial charge on any atom is -0.313 e. The number of benzene rings is 1. The fraction of sp³-hybridized carbons (Fsp3) is 0.684. The molecule has 118 valence electrons. The van der Waals surface area contributed by atoms with E-state index < -0.39 is 0 Å². The Morgan fingerprint density at radius 2 is 1.81 bits per heavy atom. The van der Waals surface area contributed by atoms with Gasteiger partial charge in [0.2, 0.25) is 0 Å². The molecule has 2 rings (SSSR count). The predicted octanol–water partition coefficient (Wildman–Crippen LogP) is 5.42. The minimum atomic E-state index is 0.564. The molecular formula is C19H30IN. The quantitative estimate of drug-likeness (QED) is 0.630. The molecule has 0 aromatic heterocycles. The largest absolute Gasteiger partial charge is 0.313 e. The lowest BCUT2D eigenvalue weighted by Gasteiger charge is -2.38. The van der Waals surface area contributed by atoms with Crippen molar-refractivity contribution in [2.75, 3.05) is 6.54 Å². The standard InChI is InChI=1S/C19H30IN/c1-4-13-21-18(14-15-5-7-17(20)8-6-15)16-9-11-19(2,3)12-10-16/h5-8,16,18,21H,4,9-14H2,1-3H3. The van der Waals surface area contributed by atoms with Gasteiger partial charge in [-0.25, -0.2) is 0 Å². The summed E-state index contributed by atoms with van der Waals surface area (Å²) in [4.78, 5) is 0. The number of nitrogens with one attached hydrogen (secondary N) is 1. The van der Waals surface area contributed by atoms with E-state index in [4.69, 9.17) is 0 Å². The molecule has 0 heterocycles. The predicted molar refractivity (Wildman–Crippen MR) is 101 cm³/mol. The van der Waals surface area contributed by atoms with E-state index in [9.17, 15) is 0 Å². The van der Waals surface area contributed by atoms with Gasteiger partial charge in [-0.05, 0) is 96.7 Å². The van der Waals surface area contributed by atoms with Crippen LogP contribution in [-0.2, 0) is 6.42 Å². The molecular weight excluding hydrogens is 369 g/mol. The average molecular weight is 399 g/mol. The summed E-state index contributed by atoms with van der Waals surface area (Å²) in [5.41, 5.74) is 2.04. The van der Waals surface area contributed by atoms with Crippen molar-refractivity contribution in [3.63, 3.8) is 0 Å². The Balaban J connectivity index is 1.99. The highest BCUT2D eigenvalue weighted by Gasteiger charge is 2.31. The summed E-state index contributed by atoms with van der Waals surface area (Å²) in [5.74, 6) is 0.851. The van der Waals surface area contributed by atoms with Gasteiger partial charge in [0.15, 0.2) is 0 Å². The van der Waals surface area contributed by atoms with E-state index in [0.717, 1.165) is 12.5 Å². The van der Waals surface area contributed by atoms with Crippen LogP contribution < -0.4 is 5.32 Å². The van der Waals surface area contributed by atoms with Crippen molar-refractivity contribution in [1.29, 1.82) is 0 Å². The van der Waals surface area contributed by atoms with Crippen LogP contribution in [0.1, 0.15) is 58.4 Å². The summed E-state index contributed by atoms with van der Waals surface area (Å²) >= 11 is 2.38. The van der Waals surface area contributed by atoms with Crippen LogP contribution in [0.15, 0.2) is 24.3 Å². The Morgan fingerprint density at radius 3 is 2.38 bits per heavy atom. The average Bonchev–Trinajstić information content (AvgIpc) is 2.46. The van der Waals surface area contributed by atoms with Crippen molar-refractivity contribution < 1.29 is 0 Å². The van der Waals surface area contributed by atoms with Gasteiger partial charge in [0.1, 0.15) is 0 Å². The summed E-state index contributed by atoms with van der Waals surface area (Å²) in [5, 5.41) is 3.83. The molecule has 1 aromatic carbocycles. The Bertz CT molecular complexity index is 414. The minimum absolute atomic E-state index is 0.564. The van der Waals surface area contributed by atoms with Crippen LogP contribution in [-0.4, -0.2) is 12.6 Å². The molecule has 1 atom stereocenters. The van der Waals surface area contributed by atoms with E-state index in [-0.39, 0.29) is 0 Å². The van der Waals surface area contributed by atoms with E-state index in [0.29, 0.717) is 11.5 Å². The summed E-state index contributed by atoms with van der Waals surface area (Å²) in [6.45, 7) is 8.27. The molecule has 2 heteroatoms. The highest BCUT2D eigenvalue weighted by Crippen LogP contribution is 2.39. The van der Waals surface area contributed by atoms with E-state index in [1.54, 1.807) is 0 Å². The monoisotopic (exact) mass is 399 g/mol. The molecule has 0 radical (unpaired) electrons. The molecule has 0 spiro atoms. The van der Waals surface area contributed by atoms with E-state index in [2.05, 4.69) is 72.9 Å². The first-order chi connectivity index (χ1) is 10.00. The van der Waals surface area contributed by atoms with Crippen LogP contribution in [0.5, 0.6) is 0 Å². The Morgan fingerprint density at radius 1 is 1.19 bits per heavy atom. The maximum atomic E-state index is 3.83. The Labute approximate surface area is 144 Å². The zero-order valence-electron chi connectivity index (χ0n) is 13.8. The van der Waals surface area contributed by atoms with Gasteiger partial charge in [-0.1, -0.05) is 32.9 Å². The SMILES string of the molecule is CCCNC(Cc1ccc(I)cc1)C1CCC(C)(C)CC1. The van der Waals surface area contributed by atoms with Crippen LogP contribution in [0.2, 0.25) is 0 Å². The topological polar surface area (TPSA) is 12.0 Å². The van der Waals surface area contributed by atoms with Crippen LogP contribution >= 0.6 is 22.6 Å². The molecule has 1 fully saturated rings. The van der Waals surface area contributed by atoms with Gasteiger partial charge in [-0.15, -0.1) is 0 Å². The van der Waals surface area contributed by atoms with Crippen LogP contribution in [0.3, 0.4) is 0 Å². The second-order valence-electron chi connectivity index (χ2n) is 7.39. The van der Waals surface area contributed by atoms with E-state index in [1.165, 1.54) is 47.7 Å². The van der Waals surface area contributed by atoms with Crippen LogP contribution in [0.4, 0.5) is 0 Å². The van der Waals surface area contributed by atoms with Crippen molar-refractivity contribution >= 4 is 22.6 Å². The summed E-state index contributed by atoms with van der Waals surface area (Å²) in [6, 6.07) is 9.72. The molecule has 1 unspecified atom stereocenters. The first kappa shape index (κ1) is 17.3. The van der Waals surface area contributed by atoms with Crippen molar-refractivity contribution in [1.82, 2.24) is 5.32 Å². The van der Waals surface area contributed by atoms with Crippen molar-refractivity contribution in [2.24, 2.45) is 11.3 Å². The lowest BCUT2D eigenvalue weighted by atomic mass is 9.70. The number of hydrogen-bond acceptors (Lipinski definition) is 1. The molecule has 0 saturated heterocycles. The lowest BCUT2D eigenvalue weighted by Crippen LogP contribution is -2.41. The van der Waals surface area contributed by atoms with Crippen molar-refractivity contribution in [3.8, 4) is 0 Å². The van der Waals surface area contributed by atoms with Gasteiger partial charge in [-0.2, -0.15) is 0 Å². The van der Waals surface area contributed by atoms with Gasteiger partial charge < -0.3 is 5.32 Å². The van der Waals surface area contributed by atoms with Gasteiger partial charge in [-0.3, -0.25) is 0 Å². The van der Waals surface area contributed by atoms with E-state index in [1.807, 2.05) is 0 Å². The third-order valence-electron chi connectivity index (χ3n) is 4.98. The maximum Gasteiger partial charge on any atom is 0.0136 e. The second-order valence-corrected chi connectivity index (χ2v) is 8.64. The lowest BCUT2D eigenvalue weighted by molar-refractivity contribution is 0.160. The van der Waals surface area contributed by atoms with Gasteiger partial charge in [0.05, 0.1) is 0 Å². The third-order valence-corrected chi connectivity index (χ3v) is 5.70. The van der Waals surface area contributed by atoms with Gasteiger partial charge in [0, 0.05) is 9.61 Å². The molecule has 1 aliphatic rings. The highest BCUT2D eigenvalue weighted by atomic mass is 127. The van der Waals surface area contributed by atoms with Crippen molar-refractivity contribution in [3.05, 3.63) is 33.4 Å². The first-order valence-corrected chi connectivity index (χ1v) is 9.56. The molecule has 1 nitrogen and oxygen atoms in total. The number of rotatable bonds is 6. The Hall–Kier alpha value is -0.0900. The van der Waals surface area contributed by atoms with Crippen LogP contribution in [0.25, 0.3) is 0 Å². The smallest absolute Gasteiger partial charge is 0.0136 e.